The van der Waals surface area contributed by atoms with E-state index in [1.54, 1.807) is 0 Å². The van der Waals surface area contributed by atoms with Crippen LogP contribution in [0.25, 0.3) is 0 Å². The molecule has 3 N–H and O–H groups in total. The number of carbonyl (C=O) groups is 2. The van der Waals surface area contributed by atoms with Gasteiger partial charge >= 0.3 is 0 Å². The predicted molar refractivity (Wildman–Crippen MR) is 250 cm³/mol. The number of alkyl halides is 1. The van der Waals surface area contributed by atoms with Crippen LogP contribution in [0.2, 0.25) is 0 Å². The maximum absolute atomic E-state index is 13.4. The van der Waals surface area contributed by atoms with E-state index in [1.807, 2.05) is 6.92 Å². The number of ketones is 2. The fourth-order valence-electron chi connectivity index (χ4n) is 17.6. The van der Waals surface area contributed by atoms with Gasteiger partial charge in [-0.05, 0) is 251 Å². The highest BCUT2D eigenvalue weighted by Crippen LogP contribution is 2.66. The molecule has 2 saturated heterocycles. The molecule has 8 saturated carbocycles. The molecule has 0 unspecified atom stereocenters. The van der Waals surface area contributed by atoms with Gasteiger partial charge in [0.15, 0.2) is 0 Å². The van der Waals surface area contributed by atoms with Crippen LogP contribution in [0.3, 0.4) is 0 Å². The van der Waals surface area contributed by atoms with Crippen LogP contribution in [-0.4, -0.2) is 75.9 Å². The van der Waals surface area contributed by atoms with Gasteiger partial charge < -0.3 is 15.5 Å². The van der Waals surface area contributed by atoms with Crippen molar-refractivity contribution in [2.24, 2.45) is 81.8 Å². The molecule has 60 heavy (non-hydrogen) atoms. The highest BCUT2D eigenvalue weighted by Gasteiger charge is 2.60. The lowest BCUT2D eigenvalue weighted by Crippen LogP contribution is -2.51. The van der Waals surface area contributed by atoms with Crippen LogP contribution in [0.5, 0.6) is 0 Å². The van der Waals surface area contributed by atoms with Gasteiger partial charge in [0.25, 0.3) is 0 Å². The molecule has 0 amide bonds. The molecule has 7 heteroatoms. The normalized spacial score (nSPS) is 48.3. The molecule has 16 atom stereocenters. The molecule has 10 rings (SSSR count). The van der Waals surface area contributed by atoms with Crippen LogP contribution in [0.4, 0.5) is 0 Å². The van der Waals surface area contributed by atoms with Gasteiger partial charge in [-0.1, -0.05) is 50.0 Å². The number of hydrogen-bond acceptors (Lipinski definition) is 6. The average molecular weight is 900 g/mol. The number of piperidine rings is 2. The maximum Gasteiger partial charge on any atom is 0.150 e. The van der Waals surface area contributed by atoms with Crippen LogP contribution < -0.4 is 5.32 Å². The summed E-state index contributed by atoms with van der Waals surface area (Å²) in [7, 11) is 0. The van der Waals surface area contributed by atoms with E-state index in [0.717, 1.165) is 117 Å². The van der Waals surface area contributed by atoms with Gasteiger partial charge in [0.1, 0.15) is 11.6 Å². The largest absolute Gasteiger partial charge is 0.390 e. The fraction of sp³-hybridized carbons (Fsp3) is 0.962. The molecular formula is C53H91BrN2O4. The van der Waals surface area contributed by atoms with Crippen molar-refractivity contribution in [3.63, 3.8) is 0 Å². The first-order valence-corrected chi connectivity index (χ1v) is 26.8. The maximum atomic E-state index is 13.4. The smallest absolute Gasteiger partial charge is 0.150 e. The van der Waals surface area contributed by atoms with Gasteiger partial charge in [-0.25, -0.2) is 0 Å². The lowest BCUT2D eigenvalue weighted by molar-refractivity contribution is -0.133. The van der Waals surface area contributed by atoms with Gasteiger partial charge in [0.2, 0.25) is 0 Å². The SMILES string of the molecule is C.C1CCNCC1.C[C@@]1(O)CC[C@H]2[C@@H](CC[C@@H]3[C@@H]2CC[C@]2(C)[C@@H](C(=O)CBr)CC[C@@H]32)C1.C[C@@]1(O)CC[C@H]2[C@@H](CC[C@@H]3[C@@H]2CC[C@]2(C)[C@@H](C(=O)CN4CCCCC4)CC[C@@H]32)C1. The number of hydrogen-bond donors (Lipinski definition) is 3. The first kappa shape index (κ1) is 47.6. The summed E-state index contributed by atoms with van der Waals surface area (Å²) < 4.78 is 0. The van der Waals surface area contributed by atoms with Crippen molar-refractivity contribution in [2.45, 2.75) is 200 Å². The summed E-state index contributed by atoms with van der Waals surface area (Å²) in [5.74, 6) is 9.82. The second kappa shape index (κ2) is 19.6. The van der Waals surface area contributed by atoms with Crippen molar-refractivity contribution >= 4 is 27.5 Å². The molecule has 8 aliphatic carbocycles. The lowest BCUT2D eigenvalue weighted by Gasteiger charge is -2.57. The van der Waals surface area contributed by atoms with E-state index in [9.17, 15) is 19.8 Å². The number of carbonyl (C=O) groups excluding carboxylic acids is 2. The van der Waals surface area contributed by atoms with E-state index >= 15 is 0 Å². The Kier molecular flexibility index (Phi) is 15.6. The molecule has 0 bridgehead atoms. The van der Waals surface area contributed by atoms with Crippen LogP contribution in [0.15, 0.2) is 0 Å². The summed E-state index contributed by atoms with van der Waals surface area (Å²) in [6.45, 7) is 14.5. The molecule has 10 fully saturated rings. The summed E-state index contributed by atoms with van der Waals surface area (Å²) >= 11 is 3.42. The van der Waals surface area contributed by atoms with Gasteiger partial charge in [-0.3, -0.25) is 14.5 Å². The van der Waals surface area contributed by atoms with Crippen LogP contribution in [-0.2, 0) is 9.59 Å². The molecule has 0 radical (unpaired) electrons. The third kappa shape index (κ3) is 9.77. The first-order chi connectivity index (χ1) is 28.2. The number of fused-ring (bicyclic) bond motifs is 10. The molecule has 10 aliphatic rings. The molecule has 2 heterocycles. The molecule has 2 aliphatic heterocycles. The minimum atomic E-state index is -0.420. The third-order valence-corrected chi connectivity index (χ3v) is 21.0. The molecular weight excluding hydrogens is 808 g/mol. The Balaban J connectivity index is 0.000000159. The Morgan fingerprint density at radius 1 is 0.550 bits per heavy atom. The summed E-state index contributed by atoms with van der Waals surface area (Å²) in [6.07, 6.45) is 30.0. The number of nitrogens with zero attached hydrogens (tertiary/aromatic N) is 1. The van der Waals surface area contributed by atoms with Crippen LogP contribution in [0, 0.1) is 81.8 Å². The summed E-state index contributed by atoms with van der Waals surface area (Å²) in [5, 5.41) is 24.9. The zero-order chi connectivity index (χ0) is 41.6. The number of Topliss-reactive ketones (excluding diaryl/α,β-unsaturated/α-hetero) is 2. The second-order valence-corrected chi connectivity index (χ2v) is 24.5. The van der Waals surface area contributed by atoms with Crippen molar-refractivity contribution in [3.05, 3.63) is 0 Å². The molecule has 0 aromatic heterocycles. The average Bonchev–Trinajstić information content (AvgIpc) is 3.78. The molecule has 6 nitrogen and oxygen atoms in total. The van der Waals surface area contributed by atoms with E-state index in [2.05, 4.69) is 46.9 Å². The van der Waals surface area contributed by atoms with E-state index < -0.39 is 11.2 Å². The zero-order valence-electron chi connectivity index (χ0n) is 38.2. The van der Waals surface area contributed by atoms with Crippen LogP contribution in [0.1, 0.15) is 189 Å². The van der Waals surface area contributed by atoms with Gasteiger partial charge in [0.05, 0.1) is 23.1 Å². The lowest BCUT2D eigenvalue weighted by atomic mass is 9.49. The Labute approximate surface area is 376 Å². The minimum Gasteiger partial charge on any atom is -0.390 e. The number of likely N-dealkylation sites (tertiary alicyclic amines) is 1. The van der Waals surface area contributed by atoms with E-state index in [-0.39, 0.29) is 18.3 Å². The molecule has 0 aromatic rings. The first-order valence-electron chi connectivity index (χ1n) is 25.7. The van der Waals surface area contributed by atoms with Gasteiger partial charge in [-0.2, -0.15) is 0 Å². The Hall–Kier alpha value is -0.340. The predicted octanol–water partition coefficient (Wildman–Crippen LogP) is 11.4. The van der Waals surface area contributed by atoms with Gasteiger partial charge in [0, 0.05) is 11.8 Å². The summed E-state index contributed by atoms with van der Waals surface area (Å²) in [6, 6.07) is 0. The Morgan fingerprint density at radius 3 is 1.43 bits per heavy atom. The van der Waals surface area contributed by atoms with Crippen molar-refractivity contribution in [1.82, 2.24) is 10.2 Å². The topological polar surface area (TPSA) is 89.9 Å². The minimum absolute atomic E-state index is 0. The fourth-order valence-corrected chi connectivity index (χ4v) is 18.0. The van der Waals surface area contributed by atoms with Gasteiger partial charge in [-0.15, -0.1) is 0 Å². The molecule has 0 spiro atoms. The van der Waals surface area contributed by atoms with Crippen molar-refractivity contribution in [1.29, 1.82) is 0 Å². The van der Waals surface area contributed by atoms with Crippen molar-refractivity contribution in [2.75, 3.05) is 38.1 Å². The molecule has 0 aromatic carbocycles. The van der Waals surface area contributed by atoms with Crippen LogP contribution >= 0.6 is 15.9 Å². The monoisotopic (exact) mass is 899 g/mol. The summed E-state index contributed by atoms with van der Waals surface area (Å²) in [5.41, 5.74) is -0.311. The zero-order valence-corrected chi connectivity index (χ0v) is 39.8. The van der Waals surface area contributed by atoms with E-state index in [1.165, 1.54) is 129 Å². The molecule has 344 valence electrons. The Bertz CT molecular complexity index is 1430. The Morgan fingerprint density at radius 2 is 1.00 bits per heavy atom. The number of halogens is 1. The number of aliphatic hydroxyl groups is 2. The third-order valence-electron chi connectivity index (χ3n) is 20.4. The van der Waals surface area contributed by atoms with E-state index in [0.29, 0.717) is 28.7 Å². The quantitative estimate of drug-likeness (QED) is 0.238. The standard InChI is InChI=1S/C26H43NO2.C21H33BrO2.C5H11N.CH4/c1-25(29)12-10-19-18(16-25)6-7-21-20(19)11-13-26(2)22(21)8-9-23(26)24(28)17-27-14-4-3-5-15-27;1-20(24)9-7-14-13(11-20)3-4-16-15(14)8-10-21(2)17(16)5-6-18(21)19(23)12-22;1-2-4-6-5-3-1;/h18-23,29H,3-17H2,1-2H3;13-18,24H,3-12H2,1-2H3;6H,1-5H2;1H4/t18-,19-,20+,21+,22-,23+,25+,26-;13-,14-,15+,16+,17-,18+,20+,21-;;/m00../s1. The number of rotatable bonds is 5. The highest BCUT2D eigenvalue weighted by molar-refractivity contribution is 9.09. The van der Waals surface area contributed by atoms with Crippen molar-refractivity contribution < 1.29 is 19.8 Å². The van der Waals surface area contributed by atoms with Crippen molar-refractivity contribution in [3.8, 4) is 0 Å². The summed E-state index contributed by atoms with van der Waals surface area (Å²) in [4.78, 5) is 28.3. The van der Waals surface area contributed by atoms with E-state index in [4.69, 9.17) is 0 Å². The second-order valence-electron chi connectivity index (χ2n) is 23.9. The number of nitrogens with one attached hydrogen (secondary N) is 1. The highest BCUT2D eigenvalue weighted by atomic mass is 79.9.